The first-order chi connectivity index (χ1) is 13.5. The lowest BCUT2D eigenvalue weighted by Gasteiger charge is -2.34. The topological polar surface area (TPSA) is 75.7 Å². The van der Waals surface area contributed by atoms with Gasteiger partial charge in [-0.1, -0.05) is 36.8 Å². The minimum Gasteiger partial charge on any atom is -0.497 e. The molecule has 0 bridgehead atoms. The molecule has 1 aliphatic heterocycles. The van der Waals surface area contributed by atoms with Crippen LogP contribution in [0.2, 0.25) is 0 Å². The number of rotatable bonds is 7. The van der Waals surface area contributed by atoms with Gasteiger partial charge < -0.3 is 10.1 Å². The molecule has 0 aromatic heterocycles. The largest absolute Gasteiger partial charge is 0.497 e. The highest BCUT2D eigenvalue weighted by Gasteiger charge is 2.34. The van der Waals surface area contributed by atoms with Gasteiger partial charge in [0.1, 0.15) is 5.75 Å². The second-order valence-corrected chi connectivity index (χ2v) is 8.80. The van der Waals surface area contributed by atoms with Gasteiger partial charge in [0.2, 0.25) is 15.9 Å². The maximum atomic E-state index is 13.0. The Labute approximate surface area is 166 Å². The highest BCUT2D eigenvalue weighted by molar-refractivity contribution is 7.89. The molecule has 0 spiro atoms. The van der Waals surface area contributed by atoms with Crippen molar-refractivity contribution in [3.05, 3.63) is 60.2 Å². The fraction of sp³-hybridized carbons (Fsp3) is 0.381. The number of amides is 1. The van der Waals surface area contributed by atoms with Gasteiger partial charge in [-0.15, -0.1) is 0 Å². The highest BCUT2D eigenvalue weighted by atomic mass is 32.2. The van der Waals surface area contributed by atoms with E-state index in [1.807, 2.05) is 24.3 Å². The fourth-order valence-corrected chi connectivity index (χ4v) is 5.21. The van der Waals surface area contributed by atoms with Gasteiger partial charge in [0.25, 0.3) is 0 Å². The molecular formula is C21H26N2O4S. The number of carbonyl (C=O) groups excluding carboxylic acids is 1. The first-order valence-corrected chi connectivity index (χ1v) is 10.9. The first kappa shape index (κ1) is 20.4. The molecule has 150 valence electrons. The van der Waals surface area contributed by atoms with Crippen molar-refractivity contribution in [1.82, 2.24) is 9.62 Å². The Bertz CT molecular complexity index is 900. The lowest BCUT2D eigenvalue weighted by molar-refractivity contribution is -0.122. The van der Waals surface area contributed by atoms with Crippen LogP contribution in [0.5, 0.6) is 5.75 Å². The molecule has 1 saturated heterocycles. The zero-order chi connectivity index (χ0) is 20.0. The van der Waals surface area contributed by atoms with Crippen molar-refractivity contribution < 1.29 is 17.9 Å². The molecule has 1 fully saturated rings. The standard InChI is InChI=1S/C21H26N2O4S/c1-27-19-10-7-8-17(14-19)16-22-21(24)15-18-9-5-6-13-23(18)28(25,26)20-11-3-2-4-12-20/h2-4,7-8,10-12,14,18H,5-6,9,13,15-16H2,1H3,(H,22,24). The summed E-state index contributed by atoms with van der Waals surface area (Å²) in [5.74, 6) is 0.585. The maximum Gasteiger partial charge on any atom is 0.243 e. The number of hydrogen-bond donors (Lipinski definition) is 1. The summed E-state index contributed by atoms with van der Waals surface area (Å²) in [6.45, 7) is 0.833. The summed E-state index contributed by atoms with van der Waals surface area (Å²) in [5, 5.41) is 2.89. The van der Waals surface area contributed by atoms with Gasteiger partial charge in [0.15, 0.2) is 0 Å². The van der Waals surface area contributed by atoms with Gasteiger partial charge in [-0.25, -0.2) is 8.42 Å². The summed E-state index contributed by atoms with van der Waals surface area (Å²) in [6, 6.07) is 15.6. The number of ether oxygens (including phenoxy) is 1. The quantitative estimate of drug-likeness (QED) is 0.773. The predicted molar refractivity (Wildman–Crippen MR) is 107 cm³/mol. The van der Waals surface area contributed by atoms with Crippen molar-refractivity contribution in [2.24, 2.45) is 0 Å². The molecule has 0 radical (unpaired) electrons. The van der Waals surface area contributed by atoms with E-state index in [2.05, 4.69) is 5.32 Å². The Morgan fingerprint density at radius 1 is 1.14 bits per heavy atom. The normalized spacial score (nSPS) is 17.8. The van der Waals surface area contributed by atoms with Crippen LogP contribution in [0, 0.1) is 0 Å². The van der Waals surface area contributed by atoms with Crippen LogP contribution in [-0.4, -0.2) is 38.3 Å². The molecule has 0 aliphatic carbocycles. The third kappa shape index (κ3) is 4.91. The van der Waals surface area contributed by atoms with Gasteiger partial charge in [-0.2, -0.15) is 4.31 Å². The van der Waals surface area contributed by atoms with Crippen LogP contribution in [0.15, 0.2) is 59.5 Å². The van der Waals surface area contributed by atoms with E-state index in [-0.39, 0.29) is 23.3 Å². The van der Waals surface area contributed by atoms with Gasteiger partial charge >= 0.3 is 0 Å². The zero-order valence-electron chi connectivity index (χ0n) is 16.0. The summed E-state index contributed by atoms with van der Waals surface area (Å²) in [5.41, 5.74) is 0.935. The summed E-state index contributed by atoms with van der Waals surface area (Å²) < 4.78 is 32.7. The van der Waals surface area contributed by atoms with E-state index >= 15 is 0 Å². The third-order valence-corrected chi connectivity index (χ3v) is 6.93. The van der Waals surface area contributed by atoms with E-state index in [0.717, 1.165) is 24.2 Å². The Balaban J connectivity index is 1.65. The number of hydrogen-bond acceptors (Lipinski definition) is 4. The molecule has 1 N–H and O–H groups in total. The van der Waals surface area contributed by atoms with Crippen molar-refractivity contribution in [1.29, 1.82) is 0 Å². The molecule has 3 rings (SSSR count). The smallest absolute Gasteiger partial charge is 0.243 e. The van der Waals surface area contributed by atoms with Gasteiger partial charge in [-0.05, 0) is 42.7 Å². The second-order valence-electron chi connectivity index (χ2n) is 6.91. The molecule has 2 aromatic carbocycles. The minimum atomic E-state index is -3.60. The zero-order valence-corrected chi connectivity index (χ0v) is 16.8. The first-order valence-electron chi connectivity index (χ1n) is 9.47. The fourth-order valence-electron chi connectivity index (χ4n) is 3.49. The second kappa shape index (κ2) is 9.21. The molecule has 1 aliphatic rings. The molecular weight excluding hydrogens is 376 g/mol. The number of benzene rings is 2. The van der Waals surface area contributed by atoms with Crippen LogP contribution in [0.3, 0.4) is 0 Å². The molecule has 1 heterocycles. The lowest BCUT2D eigenvalue weighted by atomic mass is 10.0. The molecule has 28 heavy (non-hydrogen) atoms. The molecule has 2 aromatic rings. The average Bonchev–Trinajstić information content (AvgIpc) is 2.73. The number of piperidine rings is 1. The molecule has 0 saturated carbocycles. The molecule has 1 unspecified atom stereocenters. The van der Waals surface area contributed by atoms with Gasteiger partial charge in [0, 0.05) is 25.6 Å². The Kier molecular flexibility index (Phi) is 6.70. The van der Waals surface area contributed by atoms with Crippen LogP contribution in [0.4, 0.5) is 0 Å². The maximum absolute atomic E-state index is 13.0. The van der Waals surface area contributed by atoms with Crippen molar-refractivity contribution in [3.63, 3.8) is 0 Å². The van der Waals surface area contributed by atoms with E-state index < -0.39 is 10.0 Å². The lowest BCUT2D eigenvalue weighted by Crippen LogP contribution is -2.45. The monoisotopic (exact) mass is 402 g/mol. The third-order valence-electron chi connectivity index (χ3n) is 4.97. The van der Waals surface area contributed by atoms with Crippen LogP contribution in [-0.2, 0) is 21.4 Å². The van der Waals surface area contributed by atoms with Crippen LogP contribution in [0.1, 0.15) is 31.2 Å². The summed E-state index contributed by atoms with van der Waals surface area (Å²) in [7, 11) is -2.00. The van der Waals surface area contributed by atoms with Gasteiger partial charge in [0.05, 0.1) is 12.0 Å². The highest BCUT2D eigenvalue weighted by Crippen LogP contribution is 2.27. The summed E-state index contributed by atoms with van der Waals surface area (Å²) >= 11 is 0. The van der Waals surface area contributed by atoms with Crippen molar-refractivity contribution in [2.45, 2.75) is 43.2 Å². The van der Waals surface area contributed by atoms with E-state index in [1.165, 1.54) is 4.31 Å². The number of sulfonamides is 1. The number of nitrogens with zero attached hydrogens (tertiary/aromatic N) is 1. The molecule has 7 heteroatoms. The van der Waals surface area contributed by atoms with E-state index in [9.17, 15) is 13.2 Å². The SMILES string of the molecule is COc1cccc(CNC(=O)CC2CCCCN2S(=O)(=O)c2ccccc2)c1. The van der Waals surface area contributed by atoms with E-state index in [0.29, 0.717) is 19.5 Å². The Morgan fingerprint density at radius 3 is 2.68 bits per heavy atom. The van der Waals surface area contributed by atoms with Crippen molar-refractivity contribution >= 4 is 15.9 Å². The van der Waals surface area contributed by atoms with Gasteiger partial charge in [-0.3, -0.25) is 4.79 Å². The Morgan fingerprint density at radius 2 is 1.93 bits per heavy atom. The predicted octanol–water partition coefficient (Wildman–Crippen LogP) is 2.94. The van der Waals surface area contributed by atoms with E-state index in [4.69, 9.17) is 4.74 Å². The Hall–Kier alpha value is -2.38. The van der Waals surface area contributed by atoms with Crippen molar-refractivity contribution in [2.75, 3.05) is 13.7 Å². The molecule has 6 nitrogen and oxygen atoms in total. The average molecular weight is 403 g/mol. The van der Waals surface area contributed by atoms with Crippen LogP contribution >= 0.6 is 0 Å². The summed E-state index contributed by atoms with van der Waals surface area (Å²) in [4.78, 5) is 12.8. The van der Waals surface area contributed by atoms with Crippen LogP contribution in [0.25, 0.3) is 0 Å². The number of nitrogens with one attached hydrogen (secondary N) is 1. The number of methoxy groups -OCH3 is 1. The van der Waals surface area contributed by atoms with Crippen molar-refractivity contribution in [3.8, 4) is 5.75 Å². The minimum absolute atomic E-state index is 0.150. The molecule has 1 amide bonds. The molecule has 1 atom stereocenters. The number of carbonyl (C=O) groups is 1. The summed E-state index contributed by atoms with van der Waals surface area (Å²) in [6.07, 6.45) is 2.59. The van der Waals surface area contributed by atoms with Crippen LogP contribution < -0.4 is 10.1 Å². The van der Waals surface area contributed by atoms with E-state index in [1.54, 1.807) is 37.4 Å².